The number of guanidine groups is 1. The zero-order valence-electron chi connectivity index (χ0n) is 15.4. The lowest BCUT2D eigenvalue weighted by molar-refractivity contribution is 0.339. The normalized spacial score (nSPS) is 11.2. The van der Waals surface area contributed by atoms with Crippen LogP contribution in [0.5, 0.6) is 17.2 Å². The van der Waals surface area contributed by atoms with Crippen molar-refractivity contribution < 1.29 is 14.6 Å². The SMILES string of the molecule is CN=C(NCc1cc(OC)c(O)c(OC)c1)N(C)Cc1cccc(Cl)c1. The third-order valence-electron chi connectivity index (χ3n) is 3.87. The number of aromatic hydroxyl groups is 1. The minimum absolute atomic E-state index is 0.0128. The van der Waals surface area contributed by atoms with E-state index in [1.807, 2.05) is 36.2 Å². The molecule has 7 heteroatoms. The van der Waals surface area contributed by atoms with E-state index in [0.29, 0.717) is 29.6 Å². The quantitative estimate of drug-likeness (QED) is 0.597. The molecule has 0 aliphatic heterocycles. The van der Waals surface area contributed by atoms with Crippen molar-refractivity contribution in [2.24, 2.45) is 4.99 Å². The van der Waals surface area contributed by atoms with E-state index in [-0.39, 0.29) is 5.75 Å². The summed E-state index contributed by atoms with van der Waals surface area (Å²) in [6, 6.07) is 11.2. The Balaban J connectivity index is 2.06. The molecule has 2 N–H and O–H groups in total. The molecule has 140 valence electrons. The summed E-state index contributed by atoms with van der Waals surface area (Å²) in [6.45, 7) is 1.17. The Bertz CT molecular complexity index is 755. The van der Waals surface area contributed by atoms with E-state index in [4.69, 9.17) is 21.1 Å². The highest BCUT2D eigenvalue weighted by Gasteiger charge is 2.12. The molecule has 0 amide bonds. The van der Waals surface area contributed by atoms with Gasteiger partial charge < -0.3 is 24.8 Å². The number of hydrogen-bond acceptors (Lipinski definition) is 4. The predicted octanol–water partition coefficient (Wildman–Crippen LogP) is 3.27. The number of nitrogens with one attached hydrogen (secondary N) is 1. The van der Waals surface area contributed by atoms with E-state index in [9.17, 15) is 5.11 Å². The highest BCUT2D eigenvalue weighted by Crippen LogP contribution is 2.37. The first kappa shape index (κ1) is 19.7. The van der Waals surface area contributed by atoms with Crippen LogP contribution in [-0.4, -0.2) is 44.3 Å². The average molecular weight is 378 g/mol. The molecule has 2 aromatic rings. The zero-order valence-corrected chi connectivity index (χ0v) is 16.2. The molecule has 0 bridgehead atoms. The Hall–Kier alpha value is -2.60. The number of halogens is 1. The number of aliphatic imine (C=N–C) groups is 1. The van der Waals surface area contributed by atoms with Crippen LogP contribution < -0.4 is 14.8 Å². The number of nitrogens with zero attached hydrogens (tertiary/aromatic N) is 2. The Morgan fingerprint density at radius 3 is 2.35 bits per heavy atom. The molecule has 0 fully saturated rings. The van der Waals surface area contributed by atoms with Crippen LogP contribution >= 0.6 is 11.6 Å². The minimum atomic E-state index is -0.0128. The van der Waals surface area contributed by atoms with Crippen LogP contribution in [0.2, 0.25) is 5.02 Å². The van der Waals surface area contributed by atoms with Crippen molar-refractivity contribution in [3.05, 3.63) is 52.5 Å². The van der Waals surface area contributed by atoms with E-state index in [0.717, 1.165) is 17.1 Å². The topological polar surface area (TPSA) is 66.3 Å². The molecular weight excluding hydrogens is 354 g/mol. The second kappa shape index (κ2) is 9.20. The van der Waals surface area contributed by atoms with Crippen molar-refractivity contribution in [1.82, 2.24) is 10.2 Å². The van der Waals surface area contributed by atoms with Crippen molar-refractivity contribution in [3.8, 4) is 17.2 Å². The summed E-state index contributed by atoms with van der Waals surface area (Å²) in [5, 5.41) is 14.0. The van der Waals surface area contributed by atoms with Crippen LogP contribution in [0.4, 0.5) is 0 Å². The van der Waals surface area contributed by atoms with Crippen LogP contribution in [0.3, 0.4) is 0 Å². The number of rotatable bonds is 6. The summed E-state index contributed by atoms with van der Waals surface area (Å²) in [5.74, 6) is 1.45. The number of hydrogen-bond donors (Lipinski definition) is 2. The van der Waals surface area contributed by atoms with Crippen LogP contribution in [-0.2, 0) is 13.1 Å². The van der Waals surface area contributed by atoms with Crippen molar-refractivity contribution in [3.63, 3.8) is 0 Å². The lowest BCUT2D eigenvalue weighted by Crippen LogP contribution is -2.38. The van der Waals surface area contributed by atoms with E-state index < -0.39 is 0 Å². The smallest absolute Gasteiger partial charge is 0.200 e. The highest BCUT2D eigenvalue weighted by molar-refractivity contribution is 6.30. The van der Waals surface area contributed by atoms with Gasteiger partial charge in [0.2, 0.25) is 5.75 Å². The molecular formula is C19H24ClN3O3. The van der Waals surface area contributed by atoms with Gasteiger partial charge >= 0.3 is 0 Å². The van der Waals surface area contributed by atoms with Gasteiger partial charge in [-0.15, -0.1) is 0 Å². The second-order valence-corrected chi connectivity index (χ2v) is 6.17. The molecule has 0 saturated carbocycles. The fourth-order valence-electron chi connectivity index (χ4n) is 2.60. The van der Waals surface area contributed by atoms with Gasteiger partial charge in [-0.1, -0.05) is 23.7 Å². The molecule has 0 aliphatic rings. The van der Waals surface area contributed by atoms with E-state index in [2.05, 4.69) is 10.3 Å². The summed E-state index contributed by atoms with van der Waals surface area (Å²) >= 11 is 6.04. The lowest BCUT2D eigenvalue weighted by atomic mass is 10.2. The van der Waals surface area contributed by atoms with Gasteiger partial charge in [-0.05, 0) is 35.4 Å². The fourth-order valence-corrected chi connectivity index (χ4v) is 2.81. The summed E-state index contributed by atoms with van der Waals surface area (Å²) < 4.78 is 10.4. The Morgan fingerprint density at radius 1 is 1.15 bits per heavy atom. The molecule has 0 radical (unpaired) electrons. The molecule has 0 aliphatic carbocycles. The average Bonchev–Trinajstić information content (AvgIpc) is 2.63. The summed E-state index contributed by atoms with van der Waals surface area (Å²) in [7, 11) is 6.69. The van der Waals surface area contributed by atoms with Gasteiger partial charge in [0, 0.05) is 32.2 Å². The summed E-state index contributed by atoms with van der Waals surface area (Å²) in [4.78, 5) is 6.31. The first-order chi connectivity index (χ1) is 12.5. The van der Waals surface area contributed by atoms with E-state index in [1.54, 1.807) is 19.2 Å². The van der Waals surface area contributed by atoms with E-state index >= 15 is 0 Å². The molecule has 2 rings (SSSR count). The molecule has 2 aromatic carbocycles. The lowest BCUT2D eigenvalue weighted by Gasteiger charge is -2.22. The second-order valence-electron chi connectivity index (χ2n) is 5.74. The van der Waals surface area contributed by atoms with E-state index in [1.165, 1.54) is 14.2 Å². The third-order valence-corrected chi connectivity index (χ3v) is 4.11. The van der Waals surface area contributed by atoms with Gasteiger partial charge in [-0.3, -0.25) is 4.99 Å². The van der Waals surface area contributed by atoms with Gasteiger partial charge in [0.05, 0.1) is 14.2 Å². The van der Waals surface area contributed by atoms with Gasteiger partial charge in [-0.25, -0.2) is 0 Å². The maximum atomic E-state index is 10.00. The number of phenolic OH excluding ortho intramolecular Hbond substituents is 1. The first-order valence-electron chi connectivity index (χ1n) is 8.08. The largest absolute Gasteiger partial charge is 0.502 e. The Morgan fingerprint density at radius 2 is 1.81 bits per heavy atom. The standard InChI is InChI=1S/C19H24ClN3O3/c1-21-19(23(2)12-13-6-5-7-15(20)8-13)22-11-14-9-16(25-3)18(24)17(10-14)26-4/h5-10,24H,11-12H2,1-4H3,(H,21,22). The monoisotopic (exact) mass is 377 g/mol. The first-order valence-corrected chi connectivity index (χ1v) is 8.46. The van der Waals surface area contributed by atoms with Crippen LogP contribution in [0, 0.1) is 0 Å². The number of phenols is 1. The van der Waals surface area contributed by atoms with Gasteiger partial charge in [-0.2, -0.15) is 0 Å². The number of ether oxygens (including phenoxy) is 2. The van der Waals surface area contributed by atoms with Crippen molar-refractivity contribution in [1.29, 1.82) is 0 Å². The van der Waals surface area contributed by atoms with Crippen molar-refractivity contribution >= 4 is 17.6 Å². The molecule has 6 nitrogen and oxygen atoms in total. The van der Waals surface area contributed by atoms with Gasteiger partial charge in [0.1, 0.15) is 0 Å². The third kappa shape index (κ3) is 4.95. The Labute approximate surface area is 159 Å². The molecule has 0 spiro atoms. The molecule has 26 heavy (non-hydrogen) atoms. The minimum Gasteiger partial charge on any atom is -0.502 e. The Kier molecular flexibility index (Phi) is 6.97. The maximum absolute atomic E-state index is 10.00. The summed E-state index contributed by atoms with van der Waals surface area (Å²) in [5.41, 5.74) is 1.99. The molecule has 0 saturated heterocycles. The molecule has 0 atom stereocenters. The van der Waals surface area contributed by atoms with Crippen molar-refractivity contribution in [2.75, 3.05) is 28.3 Å². The zero-order chi connectivity index (χ0) is 19.1. The molecule has 0 aromatic heterocycles. The highest BCUT2D eigenvalue weighted by atomic mass is 35.5. The van der Waals surface area contributed by atoms with Gasteiger partial charge in [0.25, 0.3) is 0 Å². The number of benzene rings is 2. The van der Waals surface area contributed by atoms with Crippen LogP contribution in [0.1, 0.15) is 11.1 Å². The molecule has 0 heterocycles. The number of methoxy groups -OCH3 is 2. The molecule has 0 unspecified atom stereocenters. The van der Waals surface area contributed by atoms with Crippen LogP contribution in [0.25, 0.3) is 0 Å². The predicted molar refractivity (Wildman–Crippen MR) is 104 cm³/mol. The van der Waals surface area contributed by atoms with Crippen molar-refractivity contribution in [2.45, 2.75) is 13.1 Å². The van der Waals surface area contributed by atoms with Crippen LogP contribution in [0.15, 0.2) is 41.4 Å². The fraction of sp³-hybridized carbons (Fsp3) is 0.316. The maximum Gasteiger partial charge on any atom is 0.200 e. The summed E-state index contributed by atoms with van der Waals surface area (Å²) in [6.07, 6.45) is 0. The van der Waals surface area contributed by atoms with Gasteiger partial charge in [0.15, 0.2) is 17.5 Å².